The van der Waals surface area contributed by atoms with Gasteiger partial charge in [0.25, 0.3) is 5.91 Å². The van der Waals surface area contributed by atoms with Gasteiger partial charge < -0.3 is 15.1 Å². The quantitative estimate of drug-likeness (QED) is 0.723. The van der Waals surface area contributed by atoms with E-state index in [0.717, 1.165) is 43.4 Å². The third-order valence-corrected chi connectivity index (χ3v) is 4.87. The topological polar surface area (TPSA) is 79.2 Å². The molecule has 1 N–H and O–H groups in total. The van der Waals surface area contributed by atoms with Crippen molar-refractivity contribution >= 4 is 11.7 Å². The second-order valence-electron chi connectivity index (χ2n) is 6.87. The summed E-state index contributed by atoms with van der Waals surface area (Å²) in [5.41, 5.74) is 1.49. The first kappa shape index (κ1) is 18.1. The van der Waals surface area contributed by atoms with E-state index in [0.29, 0.717) is 12.1 Å². The Morgan fingerprint density at radius 1 is 1.04 bits per heavy atom. The van der Waals surface area contributed by atoms with E-state index in [1.807, 2.05) is 18.3 Å². The van der Waals surface area contributed by atoms with E-state index < -0.39 is 0 Å². The molecule has 3 aromatic rings. The number of hydrogen-bond acceptors (Lipinski definition) is 6. The summed E-state index contributed by atoms with van der Waals surface area (Å²) in [5.74, 6) is 1.55. The van der Waals surface area contributed by atoms with Gasteiger partial charge in [0.1, 0.15) is 18.0 Å². The molecule has 0 aromatic carbocycles. The number of nitrogens with one attached hydrogen (secondary N) is 1. The first-order valence-corrected chi connectivity index (χ1v) is 9.30. The molecular formula is C20H23N7O. The summed E-state index contributed by atoms with van der Waals surface area (Å²) >= 11 is 0. The molecule has 4 rings (SSSR count). The van der Waals surface area contributed by atoms with Gasteiger partial charge in [-0.25, -0.2) is 15.0 Å². The highest BCUT2D eigenvalue weighted by molar-refractivity contribution is 5.93. The van der Waals surface area contributed by atoms with Crippen molar-refractivity contribution in [2.45, 2.75) is 6.54 Å². The van der Waals surface area contributed by atoms with Crippen molar-refractivity contribution in [3.63, 3.8) is 0 Å². The molecule has 8 heteroatoms. The summed E-state index contributed by atoms with van der Waals surface area (Å²) in [6.07, 6.45) is 8.56. The van der Waals surface area contributed by atoms with E-state index in [9.17, 15) is 4.79 Å². The van der Waals surface area contributed by atoms with E-state index in [4.69, 9.17) is 0 Å². The summed E-state index contributed by atoms with van der Waals surface area (Å²) in [7, 11) is 2.14. The Morgan fingerprint density at radius 3 is 2.46 bits per heavy atom. The zero-order valence-corrected chi connectivity index (χ0v) is 15.8. The Morgan fingerprint density at radius 2 is 1.82 bits per heavy atom. The van der Waals surface area contributed by atoms with Crippen molar-refractivity contribution in [2.75, 3.05) is 38.1 Å². The molecule has 1 amide bonds. The molecule has 1 aliphatic heterocycles. The van der Waals surface area contributed by atoms with Crippen LogP contribution in [0, 0.1) is 0 Å². The van der Waals surface area contributed by atoms with Crippen LogP contribution in [-0.4, -0.2) is 63.6 Å². The van der Waals surface area contributed by atoms with Gasteiger partial charge in [0.2, 0.25) is 0 Å². The molecule has 3 aromatic heterocycles. The summed E-state index contributed by atoms with van der Waals surface area (Å²) in [6, 6.07) is 7.59. The van der Waals surface area contributed by atoms with Gasteiger partial charge in [0, 0.05) is 57.5 Å². The van der Waals surface area contributed by atoms with Crippen LogP contribution in [0.5, 0.6) is 0 Å². The molecule has 8 nitrogen and oxygen atoms in total. The molecule has 0 aliphatic carbocycles. The Kier molecular flexibility index (Phi) is 5.29. The van der Waals surface area contributed by atoms with Crippen LogP contribution < -0.4 is 10.2 Å². The van der Waals surface area contributed by atoms with Gasteiger partial charge in [-0.1, -0.05) is 6.07 Å². The number of pyridine rings is 2. The van der Waals surface area contributed by atoms with Crippen LogP contribution in [0.15, 0.2) is 55.4 Å². The number of nitrogens with zero attached hydrogens (tertiary/aromatic N) is 6. The molecule has 0 saturated carbocycles. The molecule has 1 aliphatic rings. The number of rotatable bonds is 5. The van der Waals surface area contributed by atoms with E-state index in [1.54, 1.807) is 41.6 Å². The number of amides is 1. The van der Waals surface area contributed by atoms with Crippen LogP contribution in [0.1, 0.15) is 15.9 Å². The van der Waals surface area contributed by atoms with Gasteiger partial charge in [-0.05, 0) is 30.8 Å². The van der Waals surface area contributed by atoms with Crippen molar-refractivity contribution in [2.24, 2.45) is 0 Å². The molecule has 0 unspecified atom stereocenters. The van der Waals surface area contributed by atoms with Gasteiger partial charge in [-0.15, -0.1) is 0 Å². The van der Waals surface area contributed by atoms with Gasteiger partial charge >= 0.3 is 0 Å². The van der Waals surface area contributed by atoms with Gasteiger partial charge in [0.05, 0.1) is 5.56 Å². The van der Waals surface area contributed by atoms with E-state index in [-0.39, 0.29) is 5.91 Å². The van der Waals surface area contributed by atoms with Crippen LogP contribution >= 0.6 is 0 Å². The number of aromatic nitrogens is 4. The highest BCUT2D eigenvalue weighted by Crippen LogP contribution is 2.13. The summed E-state index contributed by atoms with van der Waals surface area (Å²) in [5, 5.41) is 2.92. The van der Waals surface area contributed by atoms with Crippen LogP contribution in [0.4, 0.5) is 5.82 Å². The molecule has 0 spiro atoms. The van der Waals surface area contributed by atoms with Crippen LogP contribution in [0.25, 0.3) is 5.82 Å². The third-order valence-electron chi connectivity index (χ3n) is 4.87. The Labute approximate surface area is 163 Å². The first-order valence-electron chi connectivity index (χ1n) is 9.30. The molecule has 1 fully saturated rings. The van der Waals surface area contributed by atoms with Gasteiger partial charge in [-0.2, -0.15) is 0 Å². The van der Waals surface area contributed by atoms with Crippen molar-refractivity contribution in [1.82, 2.24) is 29.7 Å². The number of hydrogen-bond donors (Lipinski definition) is 1. The zero-order valence-electron chi connectivity index (χ0n) is 15.8. The first-order chi connectivity index (χ1) is 13.7. The maximum atomic E-state index is 12.4. The van der Waals surface area contributed by atoms with Crippen molar-refractivity contribution in [3.05, 3.63) is 66.5 Å². The minimum absolute atomic E-state index is 0.159. The van der Waals surface area contributed by atoms with Gasteiger partial charge in [-0.3, -0.25) is 9.36 Å². The van der Waals surface area contributed by atoms with E-state index in [1.165, 1.54) is 0 Å². The normalized spacial score (nSPS) is 14.8. The third kappa shape index (κ3) is 4.17. The minimum atomic E-state index is -0.159. The summed E-state index contributed by atoms with van der Waals surface area (Å²) in [4.78, 5) is 29.8. The standard InChI is InChI=1S/C20H23N7O/c1-25-8-10-26(11-9-25)18-4-2-16(12-22-18)13-24-20(28)17-3-5-19(23-14-17)27-7-6-21-15-27/h2-7,12,14-15H,8-11,13H2,1H3,(H,24,28). The predicted molar refractivity (Wildman–Crippen MR) is 106 cm³/mol. The SMILES string of the molecule is CN1CCN(c2ccc(CNC(=O)c3ccc(-n4ccnc4)nc3)cn2)CC1. The molecule has 28 heavy (non-hydrogen) atoms. The second kappa shape index (κ2) is 8.18. The maximum absolute atomic E-state index is 12.4. The van der Waals surface area contributed by atoms with Crippen LogP contribution in [-0.2, 0) is 6.54 Å². The van der Waals surface area contributed by atoms with Crippen LogP contribution in [0.3, 0.4) is 0 Å². The van der Waals surface area contributed by atoms with Crippen molar-refractivity contribution in [3.8, 4) is 5.82 Å². The molecule has 0 radical (unpaired) electrons. The zero-order chi connectivity index (χ0) is 19.3. The summed E-state index contributed by atoms with van der Waals surface area (Å²) < 4.78 is 1.79. The fourth-order valence-electron chi connectivity index (χ4n) is 3.10. The molecule has 0 bridgehead atoms. The lowest BCUT2D eigenvalue weighted by Crippen LogP contribution is -2.44. The van der Waals surface area contributed by atoms with Crippen molar-refractivity contribution < 1.29 is 4.79 Å². The molecule has 4 heterocycles. The Hall–Kier alpha value is -3.26. The average Bonchev–Trinajstić information content (AvgIpc) is 3.28. The van der Waals surface area contributed by atoms with E-state index in [2.05, 4.69) is 37.1 Å². The average molecular weight is 377 g/mol. The monoisotopic (exact) mass is 377 g/mol. The van der Waals surface area contributed by atoms with Crippen molar-refractivity contribution in [1.29, 1.82) is 0 Å². The highest BCUT2D eigenvalue weighted by Gasteiger charge is 2.15. The molecule has 1 saturated heterocycles. The predicted octanol–water partition coefficient (Wildman–Crippen LogP) is 1.34. The number of carbonyl (C=O) groups excluding carboxylic acids is 1. The molecule has 144 valence electrons. The largest absolute Gasteiger partial charge is 0.354 e. The number of carbonyl (C=O) groups is 1. The van der Waals surface area contributed by atoms with Crippen LogP contribution in [0.2, 0.25) is 0 Å². The Bertz CT molecular complexity index is 899. The maximum Gasteiger partial charge on any atom is 0.253 e. The number of anilines is 1. The number of piperazine rings is 1. The summed E-state index contributed by atoms with van der Waals surface area (Å²) in [6.45, 7) is 4.50. The fraction of sp³-hybridized carbons (Fsp3) is 0.300. The fourth-order valence-corrected chi connectivity index (χ4v) is 3.10. The van der Waals surface area contributed by atoms with E-state index >= 15 is 0 Å². The molecular weight excluding hydrogens is 354 g/mol. The number of likely N-dealkylation sites (N-methyl/N-ethyl adjacent to an activating group) is 1. The lowest BCUT2D eigenvalue weighted by Gasteiger charge is -2.33. The minimum Gasteiger partial charge on any atom is -0.354 e. The number of imidazole rings is 1. The highest BCUT2D eigenvalue weighted by atomic mass is 16.1. The van der Waals surface area contributed by atoms with Gasteiger partial charge in [0.15, 0.2) is 0 Å². The molecule has 0 atom stereocenters. The lowest BCUT2D eigenvalue weighted by molar-refractivity contribution is 0.0950. The second-order valence-corrected chi connectivity index (χ2v) is 6.87. The smallest absolute Gasteiger partial charge is 0.253 e. The Balaban J connectivity index is 1.32. The lowest BCUT2D eigenvalue weighted by atomic mass is 10.2.